The zero-order chi connectivity index (χ0) is 16.7. The molecule has 24 heavy (non-hydrogen) atoms. The van der Waals surface area contributed by atoms with E-state index in [0.717, 1.165) is 35.7 Å². The van der Waals surface area contributed by atoms with Crippen LogP contribution in [-0.2, 0) is 0 Å². The summed E-state index contributed by atoms with van der Waals surface area (Å²) in [5, 5.41) is 0. The highest BCUT2D eigenvalue weighted by atomic mass is 15.2. The summed E-state index contributed by atoms with van der Waals surface area (Å²) in [5.41, 5.74) is 15.1. The largest absolute Gasteiger partial charge is 0.384 e. The van der Waals surface area contributed by atoms with Crippen LogP contribution in [0.4, 0.5) is 17.6 Å². The third-order valence-corrected chi connectivity index (χ3v) is 5.57. The van der Waals surface area contributed by atoms with Gasteiger partial charge in [-0.25, -0.2) is 9.97 Å². The highest BCUT2D eigenvalue weighted by Gasteiger charge is 2.41. The zero-order valence-corrected chi connectivity index (χ0v) is 14.1. The number of nitrogens with two attached hydrogens (primary N) is 2. The Morgan fingerprint density at radius 3 is 2.58 bits per heavy atom. The van der Waals surface area contributed by atoms with Gasteiger partial charge in [0.1, 0.15) is 11.6 Å². The van der Waals surface area contributed by atoms with E-state index in [-0.39, 0.29) is 0 Å². The van der Waals surface area contributed by atoms with Crippen molar-refractivity contribution in [3.63, 3.8) is 0 Å². The smallest absolute Gasteiger partial charge is 0.222 e. The normalized spacial score (nSPS) is 19.3. The standard InChI is InChI=1S/C18H24N6/c1-12-15(13-4-5-14(19)21-10-13)16(23-17(20)22-12)24-9-8-18(11-24)6-2-3-7-18/h4-5,10H,2-3,6-9,11H2,1H3,(H2,19,21)(H2,20,22,23). The van der Waals surface area contributed by atoms with Crippen molar-refractivity contribution in [2.24, 2.45) is 5.41 Å². The summed E-state index contributed by atoms with van der Waals surface area (Å²) >= 11 is 0. The Bertz CT molecular complexity index is 749. The average molecular weight is 324 g/mol. The molecule has 2 aromatic heterocycles. The maximum Gasteiger partial charge on any atom is 0.222 e. The van der Waals surface area contributed by atoms with Crippen molar-refractivity contribution in [2.75, 3.05) is 29.5 Å². The number of anilines is 3. The summed E-state index contributed by atoms with van der Waals surface area (Å²) in [5.74, 6) is 1.79. The molecule has 4 N–H and O–H groups in total. The zero-order valence-electron chi connectivity index (χ0n) is 14.1. The van der Waals surface area contributed by atoms with Gasteiger partial charge in [0.15, 0.2) is 0 Å². The second-order valence-electron chi connectivity index (χ2n) is 7.22. The van der Waals surface area contributed by atoms with Crippen molar-refractivity contribution < 1.29 is 0 Å². The van der Waals surface area contributed by atoms with Gasteiger partial charge in [-0.1, -0.05) is 12.8 Å². The average Bonchev–Trinajstić information content (AvgIpc) is 3.18. The van der Waals surface area contributed by atoms with E-state index in [2.05, 4.69) is 19.9 Å². The number of hydrogen-bond donors (Lipinski definition) is 2. The molecule has 1 aliphatic carbocycles. The molecule has 6 heteroatoms. The molecule has 3 heterocycles. The Labute approximate surface area is 142 Å². The third-order valence-electron chi connectivity index (χ3n) is 5.57. The lowest BCUT2D eigenvalue weighted by Gasteiger charge is -2.26. The fraction of sp³-hybridized carbons (Fsp3) is 0.500. The maximum atomic E-state index is 5.96. The molecule has 2 aliphatic rings. The number of hydrogen-bond acceptors (Lipinski definition) is 6. The first-order valence-electron chi connectivity index (χ1n) is 8.67. The molecule has 0 bridgehead atoms. The molecule has 0 atom stereocenters. The van der Waals surface area contributed by atoms with Gasteiger partial charge in [0.25, 0.3) is 0 Å². The second-order valence-corrected chi connectivity index (χ2v) is 7.22. The summed E-state index contributed by atoms with van der Waals surface area (Å²) < 4.78 is 0. The summed E-state index contributed by atoms with van der Waals surface area (Å²) in [7, 11) is 0. The predicted octanol–water partition coefficient (Wildman–Crippen LogP) is 2.78. The van der Waals surface area contributed by atoms with Crippen LogP contribution in [0.2, 0.25) is 0 Å². The van der Waals surface area contributed by atoms with Crippen LogP contribution >= 0.6 is 0 Å². The lowest BCUT2D eigenvalue weighted by atomic mass is 9.86. The van der Waals surface area contributed by atoms with Crippen molar-refractivity contribution in [3.8, 4) is 11.1 Å². The summed E-state index contributed by atoms with van der Waals surface area (Å²) in [6, 6.07) is 3.80. The molecule has 4 rings (SSSR count). The van der Waals surface area contributed by atoms with Crippen molar-refractivity contribution in [2.45, 2.75) is 39.0 Å². The molecule has 1 saturated carbocycles. The number of nitrogen functional groups attached to an aromatic ring is 2. The lowest BCUT2D eigenvalue weighted by Crippen LogP contribution is -2.26. The molecule has 2 aromatic rings. The topological polar surface area (TPSA) is 94.0 Å². The first kappa shape index (κ1) is 15.2. The highest BCUT2D eigenvalue weighted by Crippen LogP contribution is 2.47. The van der Waals surface area contributed by atoms with E-state index < -0.39 is 0 Å². The minimum absolute atomic E-state index is 0.335. The van der Waals surface area contributed by atoms with E-state index in [4.69, 9.17) is 11.5 Å². The molecule has 0 radical (unpaired) electrons. The van der Waals surface area contributed by atoms with Gasteiger partial charge < -0.3 is 16.4 Å². The van der Waals surface area contributed by atoms with Gasteiger partial charge in [-0.15, -0.1) is 0 Å². The minimum Gasteiger partial charge on any atom is -0.384 e. The number of nitrogens with zero attached hydrogens (tertiary/aromatic N) is 4. The second kappa shape index (κ2) is 5.61. The molecular formula is C18H24N6. The van der Waals surface area contributed by atoms with E-state index in [0.29, 0.717) is 17.2 Å². The van der Waals surface area contributed by atoms with Gasteiger partial charge in [-0.05, 0) is 43.7 Å². The van der Waals surface area contributed by atoms with Gasteiger partial charge in [-0.2, -0.15) is 4.98 Å². The van der Waals surface area contributed by atoms with Gasteiger partial charge in [-0.3, -0.25) is 0 Å². The van der Waals surface area contributed by atoms with Crippen LogP contribution in [0.1, 0.15) is 37.8 Å². The van der Waals surface area contributed by atoms with E-state index in [1.54, 1.807) is 6.20 Å². The fourth-order valence-electron chi connectivity index (χ4n) is 4.35. The van der Waals surface area contributed by atoms with E-state index >= 15 is 0 Å². The number of aryl methyl sites for hydroxylation is 1. The van der Waals surface area contributed by atoms with Crippen molar-refractivity contribution in [3.05, 3.63) is 24.0 Å². The molecule has 0 amide bonds. The first-order chi connectivity index (χ1) is 11.6. The van der Waals surface area contributed by atoms with Crippen LogP contribution in [-0.4, -0.2) is 28.0 Å². The first-order valence-corrected chi connectivity index (χ1v) is 8.67. The summed E-state index contributed by atoms with van der Waals surface area (Å²) in [4.78, 5) is 15.6. The molecule has 2 fully saturated rings. The van der Waals surface area contributed by atoms with Crippen LogP contribution in [0.5, 0.6) is 0 Å². The fourth-order valence-corrected chi connectivity index (χ4v) is 4.35. The predicted molar refractivity (Wildman–Crippen MR) is 96.6 cm³/mol. The molecule has 1 saturated heterocycles. The quantitative estimate of drug-likeness (QED) is 0.882. The van der Waals surface area contributed by atoms with Gasteiger partial charge in [0.05, 0.1) is 5.69 Å². The third kappa shape index (κ3) is 2.56. The van der Waals surface area contributed by atoms with Crippen LogP contribution in [0, 0.1) is 12.3 Å². The lowest BCUT2D eigenvalue weighted by molar-refractivity contribution is 0.340. The van der Waals surface area contributed by atoms with E-state index in [1.807, 2.05) is 19.1 Å². The van der Waals surface area contributed by atoms with E-state index in [9.17, 15) is 0 Å². The molecule has 0 aromatic carbocycles. The minimum atomic E-state index is 0.335. The van der Waals surface area contributed by atoms with Crippen molar-refractivity contribution in [1.29, 1.82) is 0 Å². The SMILES string of the molecule is Cc1nc(N)nc(N2CCC3(CCCC3)C2)c1-c1ccc(N)nc1. The summed E-state index contributed by atoms with van der Waals surface area (Å²) in [6.07, 6.45) is 8.42. The van der Waals surface area contributed by atoms with Gasteiger partial charge in [0.2, 0.25) is 5.95 Å². The van der Waals surface area contributed by atoms with Crippen LogP contribution in [0.15, 0.2) is 18.3 Å². The highest BCUT2D eigenvalue weighted by molar-refractivity contribution is 5.78. The van der Waals surface area contributed by atoms with Crippen molar-refractivity contribution in [1.82, 2.24) is 15.0 Å². The molecule has 1 aliphatic heterocycles. The van der Waals surface area contributed by atoms with Crippen LogP contribution < -0.4 is 16.4 Å². The number of pyridine rings is 1. The summed E-state index contributed by atoms with van der Waals surface area (Å²) in [6.45, 7) is 4.08. The molecular weight excluding hydrogens is 300 g/mol. The Morgan fingerprint density at radius 2 is 1.88 bits per heavy atom. The molecule has 6 nitrogen and oxygen atoms in total. The van der Waals surface area contributed by atoms with Crippen molar-refractivity contribution >= 4 is 17.6 Å². The number of rotatable bonds is 2. The molecule has 126 valence electrons. The van der Waals surface area contributed by atoms with Crippen LogP contribution in [0.25, 0.3) is 11.1 Å². The van der Waals surface area contributed by atoms with Gasteiger partial charge in [0, 0.05) is 30.4 Å². The molecule has 1 spiro atoms. The number of aromatic nitrogens is 3. The Kier molecular flexibility index (Phi) is 3.55. The van der Waals surface area contributed by atoms with Crippen LogP contribution in [0.3, 0.4) is 0 Å². The Balaban J connectivity index is 1.76. The monoisotopic (exact) mass is 324 g/mol. The molecule has 0 unspecified atom stereocenters. The Hall–Kier alpha value is -2.37. The Morgan fingerprint density at radius 1 is 1.08 bits per heavy atom. The van der Waals surface area contributed by atoms with E-state index in [1.165, 1.54) is 32.1 Å². The van der Waals surface area contributed by atoms with Gasteiger partial charge >= 0.3 is 0 Å². The maximum absolute atomic E-state index is 5.96.